The Balaban J connectivity index is 1.72. The molecule has 0 aliphatic carbocycles. The summed E-state index contributed by atoms with van der Waals surface area (Å²) in [5.41, 5.74) is 0.411. The first kappa shape index (κ1) is 20.6. The molecule has 0 unspecified atom stereocenters. The molecule has 1 fully saturated rings. The minimum Gasteiger partial charge on any atom is -0.333 e. The lowest BCUT2D eigenvalue weighted by atomic mass is 10.1. The Morgan fingerprint density at radius 2 is 1.77 bits per heavy atom. The van der Waals surface area contributed by atoms with Crippen molar-refractivity contribution in [2.75, 3.05) is 6.54 Å². The van der Waals surface area contributed by atoms with E-state index in [0.29, 0.717) is 28.5 Å². The highest BCUT2D eigenvalue weighted by molar-refractivity contribution is 8.24. The Kier molecular flexibility index (Phi) is 5.42. The number of aromatic nitrogens is 2. The van der Waals surface area contributed by atoms with Crippen molar-refractivity contribution in [2.24, 2.45) is 0 Å². The van der Waals surface area contributed by atoms with Gasteiger partial charge in [0.1, 0.15) is 10.1 Å². The normalized spacial score (nSPS) is 18.2. The average molecular weight is 446 g/mol. The number of hydrogen-bond donors (Lipinski definition) is 0. The fourth-order valence-corrected chi connectivity index (χ4v) is 5.59. The minimum absolute atomic E-state index is 0.287. The van der Waals surface area contributed by atoms with Crippen molar-refractivity contribution >= 4 is 28.3 Å². The lowest BCUT2D eigenvalue weighted by Crippen LogP contribution is -2.43. The van der Waals surface area contributed by atoms with E-state index < -0.39 is 22.4 Å². The van der Waals surface area contributed by atoms with Crippen LogP contribution >= 0.6 is 24.0 Å². The molecule has 6 nitrogen and oxygen atoms in total. The Morgan fingerprint density at radius 1 is 1.10 bits per heavy atom. The van der Waals surface area contributed by atoms with Crippen molar-refractivity contribution < 1.29 is 8.91 Å². The molecule has 0 spiro atoms. The average Bonchev–Trinajstić information content (AvgIpc) is 3.11. The maximum Gasteiger partial charge on any atom is 0.447 e. The van der Waals surface area contributed by atoms with Crippen LogP contribution in [0.2, 0.25) is 0 Å². The van der Waals surface area contributed by atoms with Gasteiger partial charge in [0.2, 0.25) is 0 Å². The van der Waals surface area contributed by atoms with Gasteiger partial charge < -0.3 is 9.42 Å². The van der Waals surface area contributed by atoms with E-state index in [1.807, 2.05) is 18.7 Å². The predicted octanol–water partition coefficient (Wildman–Crippen LogP) is 3.58. The van der Waals surface area contributed by atoms with Crippen molar-refractivity contribution in [3.63, 3.8) is 0 Å². The molecule has 30 heavy (non-hydrogen) atoms. The number of thioether (sulfide) groups is 1. The smallest absolute Gasteiger partial charge is 0.333 e. The van der Waals surface area contributed by atoms with E-state index in [0.717, 1.165) is 9.31 Å². The fourth-order valence-electron chi connectivity index (χ4n) is 3.66. The van der Waals surface area contributed by atoms with Crippen LogP contribution in [0.15, 0.2) is 68.7 Å². The van der Waals surface area contributed by atoms with Crippen LogP contribution in [0.25, 0.3) is 5.69 Å². The van der Waals surface area contributed by atoms with Crippen molar-refractivity contribution in [3.05, 3.63) is 87.0 Å². The van der Waals surface area contributed by atoms with E-state index in [2.05, 4.69) is 0 Å². The third-order valence-corrected chi connectivity index (χ3v) is 6.69. The highest BCUT2D eigenvalue weighted by Gasteiger charge is 2.48. The summed E-state index contributed by atoms with van der Waals surface area (Å²) in [6.07, 6.45) is -0.217. The van der Waals surface area contributed by atoms with Crippen molar-refractivity contribution in [2.45, 2.75) is 31.2 Å². The van der Waals surface area contributed by atoms with Gasteiger partial charge in [0.15, 0.2) is 6.17 Å². The first-order chi connectivity index (χ1) is 14.3. The van der Waals surface area contributed by atoms with Gasteiger partial charge in [0.25, 0.3) is 0 Å². The zero-order chi connectivity index (χ0) is 21.5. The summed E-state index contributed by atoms with van der Waals surface area (Å²) in [6, 6.07) is 15.2. The largest absolute Gasteiger partial charge is 0.447 e. The van der Waals surface area contributed by atoms with Crippen LogP contribution in [-0.4, -0.2) is 29.8 Å². The number of thiocarbonyl (C=S) groups is 1. The number of rotatable bonds is 5. The number of hydrogen-bond acceptors (Lipinski definition) is 5. The van der Waals surface area contributed by atoms with Crippen molar-refractivity contribution in [1.29, 1.82) is 0 Å². The van der Waals surface area contributed by atoms with Gasteiger partial charge in [-0.15, -0.1) is 4.74 Å². The van der Waals surface area contributed by atoms with Crippen LogP contribution in [-0.2, 0) is 6.42 Å². The zero-order valence-electron chi connectivity index (χ0n) is 16.4. The van der Waals surface area contributed by atoms with E-state index >= 15 is 0 Å². The van der Waals surface area contributed by atoms with E-state index in [4.69, 9.17) is 16.7 Å². The Bertz CT molecular complexity index is 1200. The maximum absolute atomic E-state index is 14.1. The van der Waals surface area contributed by atoms with Gasteiger partial charge in [-0.1, -0.05) is 60.4 Å². The SMILES string of the molecule is CC1(C)SC(=S)N(CCc2ccccc2F)[C@@H]1n1oc(=O)n(-c2ccccc2)c1=O. The molecule has 1 aromatic heterocycles. The summed E-state index contributed by atoms with van der Waals surface area (Å²) < 4.78 is 21.6. The summed E-state index contributed by atoms with van der Waals surface area (Å²) >= 11 is 6.97. The number of para-hydroxylation sites is 1. The summed E-state index contributed by atoms with van der Waals surface area (Å²) in [5.74, 6) is -1.05. The van der Waals surface area contributed by atoms with Crippen molar-refractivity contribution in [3.8, 4) is 5.69 Å². The first-order valence-electron chi connectivity index (χ1n) is 9.43. The quantitative estimate of drug-likeness (QED) is 0.560. The van der Waals surface area contributed by atoms with Crippen molar-refractivity contribution in [1.82, 2.24) is 14.2 Å². The van der Waals surface area contributed by atoms with Gasteiger partial charge in [-0.3, -0.25) is 0 Å². The minimum atomic E-state index is -0.765. The lowest BCUT2D eigenvalue weighted by Gasteiger charge is -2.30. The number of halogens is 1. The van der Waals surface area contributed by atoms with Crippen LogP contribution in [0.3, 0.4) is 0 Å². The Morgan fingerprint density at radius 3 is 2.47 bits per heavy atom. The van der Waals surface area contributed by atoms with Gasteiger partial charge >= 0.3 is 11.4 Å². The molecule has 0 bridgehead atoms. The highest BCUT2D eigenvalue weighted by atomic mass is 32.2. The molecule has 1 aliphatic heterocycles. The van der Waals surface area contributed by atoms with Crippen LogP contribution in [0.1, 0.15) is 25.6 Å². The molecule has 9 heteroatoms. The van der Waals surface area contributed by atoms with Crippen LogP contribution in [0, 0.1) is 5.82 Å². The predicted molar refractivity (Wildman–Crippen MR) is 119 cm³/mol. The molecular formula is C21H20FN3O3S2. The fraction of sp³-hybridized carbons (Fsp3) is 0.286. The molecule has 0 amide bonds. The molecule has 1 saturated heterocycles. The van der Waals surface area contributed by atoms with Crippen LogP contribution in [0.4, 0.5) is 4.39 Å². The van der Waals surface area contributed by atoms with E-state index in [1.54, 1.807) is 48.5 Å². The van der Waals surface area contributed by atoms with Gasteiger partial charge in [0, 0.05) is 6.54 Å². The van der Waals surface area contributed by atoms with Gasteiger partial charge in [-0.2, -0.15) is 4.57 Å². The summed E-state index contributed by atoms with van der Waals surface area (Å²) in [4.78, 5) is 27.5. The van der Waals surface area contributed by atoms with Crippen LogP contribution in [0.5, 0.6) is 0 Å². The molecular weight excluding hydrogens is 425 g/mol. The molecule has 4 rings (SSSR count). The molecule has 0 radical (unpaired) electrons. The first-order valence-corrected chi connectivity index (χ1v) is 10.7. The van der Waals surface area contributed by atoms with Gasteiger partial charge in [-0.25, -0.2) is 14.0 Å². The highest BCUT2D eigenvalue weighted by Crippen LogP contribution is 2.46. The molecule has 0 saturated carbocycles. The number of nitrogens with zero attached hydrogens (tertiary/aromatic N) is 3. The maximum atomic E-state index is 14.1. The van der Waals surface area contributed by atoms with E-state index in [-0.39, 0.29) is 5.82 Å². The number of benzene rings is 2. The molecule has 3 aromatic rings. The summed E-state index contributed by atoms with van der Waals surface area (Å²) in [7, 11) is 0. The molecule has 2 aromatic carbocycles. The second-order valence-electron chi connectivity index (χ2n) is 7.52. The van der Waals surface area contributed by atoms with E-state index in [1.165, 1.54) is 17.8 Å². The second kappa shape index (κ2) is 7.88. The summed E-state index contributed by atoms with van der Waals surface area (Å²) in [5, 5.41) is 0. The van der Waals surface area contributed by atoms with Crippen LogP contribution < -0.4 is 11.4 Å². The third kappa shape index (κ3) is 3.63. The molecule has 0 N–H and O–H groups in total. The Hall–Kier alpha value is -2.65. The molecule has 2 heterocycles. The van der Waals surface area contributed by atoms with Gasteiger partial charge in [0.05, 0.1) is 10.4 Å². The third-order valence-electron chi connectivity index (χ3n) is 5.06. The topological polar surface area (TPSA) is 60.4 Å². The summed E-state index contributed by atoms with van der Waals surface area (Å²) in [6.45, 7) is 4.25. The molecule has 156 valence electrons. The monoisotopic (exact) mass is 445 g/mol. The standard InChI is InChI=1S/C21H20FN3O3S2/c1-21(2)17(23(20(29)30-21)13-12-14-8-6-7-11-16(14)22)25-18(26)24(19(27)28-25)15-9-4-3-5-10-15/h3-11,17H,12-13H2,1-2H3/t17-/m1/s1. The lowest BCUT2D eigenvalue weighted by molar-refractivity contribution is 0.0909. The molecule has 1 atom stereocenters. The van der Waals surface area contributed by atoms with E-state index in [9.17, 15) is 14.0 Å². The zero-order valence-corrected chi connectivity index (χ0v) is 18.1. The second-order valence-corrected chi connectivity index (χ2v) is 9.80. The Labute approximate surface area is 181 Å². The molecule has 1 aliphatic rings. The van der Waals surface area contributed by atoms with Gasteiger partial charge in [-0.05, 0) is 44.0 Å².